The van der Waals surface area contributed by atoms with Gasteiger partial charge in [-0.2, -0.15) is 0 Å². The monoisotopic (exact) mass is 282 g/mol. The molecule has 0 aromatic heterocycles. The van der Waals surface area contributed by atoms with Crippen LogP contribution in [0.2, 0.25) is 0 Å². The maximum absolute atomic E-state index is 12.0. The molecule has 0 unspecified atom stereocenters. The van der Waals surface area contributed by atoms with Gasteiger partial charge in [-0.3, -0.25) is 0 Å². The second-order valence-corrected chi connectivity index (χ2v) is 6.82. The van der Waals surface area contributed by atoms with Crippen LogP contribution in [0.1, 0.15) is 0 Å². The van der Waals surface area contributed by atoms with E-state index in [2.05, 4.69) is 0 Å². The van der Waals surface area contributed by atoms with Gasteiger partial charge < -0.3 is 0 Å². The van der Waals surface area contributed by atoms with Crippen LogP contribution in [0, 0.1) is 0 Å². The molecule has 0 amide bonds. The summed E-state index contributed by atoms with van der Waals surface area (Å²) in [5.74, 6) is 0. The average Bonchev–Trinajstić information content (AvgIpc) is 2.46. The lowest BCUT2D eigenvalue weighted by Crippen LogP contribution is -1.98. The van der Waals surface area contributed by atoms with Crippen LogP contribution in [-0.2, 0) is 9.84 Å². The van der Waals surface area contributed by atoms with Gasteiger partial charge in [0, 0.05) is 11.6 Å². The fourth-order valence-electron chi connectivity index (χ4n) is 2.38. The van der Waals surface area contributed by atoms with Crippen molar-refractivity contribution in [3.8, 4) is 11.1 Å². The summed E-state index contributed by atoms with van der Waals surface area (Å²) >= 11 is 0. The zero-order valence-corrected chi connectivity index (χ0v) is 11.9. The molecule has 0 N–H and O–H groups in total. The van der Waals surface area contributed by atoms with E-state index in [4.69, 9.17) is 0 Å². The van der Waals surface area contributed by atoms with E-state index in [-0.39, 0.29) is 0 Å². The smallest absolute Gasteiger partial charge is 0.176 e. The molecule has 0 saturated carbocycles. The van der Waals surface area contributed by atoms with Crippen LogP contribution in [0.25, 0.3) is 21.9 Å². The van der Waals surface area contributed by atoms with E-state index in [1.165, 1.54) is 6.26 Å². The molecule has 20 heavy (non-hydrogen) atoms. The second-order valence-electron chi connectivity index (χ2n) is 4.83. The molecule has 100 valence electrons. The van der Waals surface area contributed by atoms with Crippen LogP contribution in [0.3, 0.4) is 0 Å². The Kier molecular flexibility index (Phi) is 3.07. The molecule has 3 aromatic carbocycles. The summed E-state index contributed by atoms with van der Waals surface area (Å²) < 4.78 is 24.1. The first-order valence-electron chi connectivity index (χ1n) is 6.34. The first-order chi connectivity index (χ1) is 9.55. The van der Waals surface area contributed by atoms with Crippen LogP contribution in [-0.4, -0.2) is 14.7 Å². The number of fused-ring (bicyclic) bond motifs is 1. The standard InChI is InChI=1S/C17H14O2S/c1-20(18,19)17-12-15(13-7-3-2-4-8-13)11-14-9-5-6-10-16(14)17/h2-12H,1H3. The number of rotatable bonds is 2. The number of hydrogen-bond donors (Lipinski definition) is 0. The van der Waals surface area contributed by atoms with E-state index in [0.29, 0.717) is 4.90 Å². The molecule has 0 aliphatic rings. The van der Waals surface area contributed by atoms with E-state index in [1.807, 2.05) is 60.7 Å². The lowest BCUT2D eigenvalue weighted by atomic mass is 10.0. The summed E-state index contributed by atoms with van der Waals surface area (Å²) in [6.07, 6.45) is 1.25. The van der Waals surface area contributed by atoms with E-state index >= 15 is 0 Å². The summed E-state index contributed by atoms with van der Waals surface area (Å²) in [7, 11) is -3.26. The molecule has 0 saturated heterocycles. The van der Waals surface area contributed by atoms with Gasteiger partial charge in [0.25, 0.3) is 0 Å². The van der Waals surface area contributed by atoms with Crippen molar-refractivity contribution in [3.05, 3.63) is 66.7 Å². The zero-order chi connectivity index (χ0) is 14.2. The first-order valence-corrected chi connectivity index (χ1v) is 8.23. The van der Waals surface area contributed by atoms with Gasteiger partial charge in [0.2, 0.25) is 0 Å². The summed E-state index contributed by atoms with van der Waals surface area (Å²) in [6, 6.07) is 21.2. The van der Waals surface area contributed by atoms with Gasteiger partial charge in [0.15, 0.2) is 9.84 Å². The van der Waals surface area contributed by atoms with Gasteiger partial charge in [-0.25, -0.2) is 8.42 Å². The lowest BCUT2D eigenvalue weighted by Gasteiger charge is -2.09. The number of sulfone groups is 1. The van der Waals surface area contributed by atoms with Crippen molar-refractivity contribution in [1.82, 2.24) is 0 Å². The largest absolute Gasteiger partial charge is 0.224 e. The van der Waals surface area contributed by atoms with Gasteiger partial charge in [-0.1, -0.05) is 54.6 Å². The minimum Gasteiger partial charge on any atom is -0.224 e. The molecular formula is C17H14O2S. The van der Waals surface area contributed by atoms with Crippen LogP contribution in [0.15, 0.2) is 71.6 Å². The molecule has 0 spiro atoms. The van der Waals surface area contributed by atoms with E-state index in [0.717, 1.165) is 21.9 Å². The Morgan fingerprint density at radius 3 is 2.10 bits per heavy atom. The quantitative estimate of drug-likeness (QED) is 0.714. The minimum absolute atomic E-state index is 0.384. The van der Waals surface area contributed by atoms with Gasteiger partial charge in [-0.15, -0.1) is 0 Å². The van der Waals surface area contributed by atoms with Crippen LogP contribution < -0.4 is 0 Å². The molecule has 0 fully saturated rings. The van der Waals surface area contributed by atoms with Crippen LogP contribution in [0.4, 0.5) is 0 Å². The highest BCUT2D eigenvalue weighted by atomic mass is 32.2. The topological polar surface area (TPSA) is 34.1 Å². The number of hydrogen-bond acceptors (Lipinski definition) is 2. The molecule has 3 rings (SSSR count). The molecular weight excluding hydrogens is 268 g/mol. The third-order valence-corrected chi connectivity index (χ3v) is 4.47. The molecule has 0 bridgehead atoms. The highest BCUT2D eigenvalue weighted by Gasteiger charge is 2.13. The fraction of sp³-hybridized carbons (Fsp3) is 0.0588. The SMILES string of the molecule is CS(=O)(=O)c1cc(-c2ccccc2)cc2ccccc12. The van der Waals surface area contributed by atoms with Gasteiger partial charge in [0.1, 0.15) is 0 Å². The van der Waals surface area contributed by atoms with Crippen molar-refractivity contribution in [2.24, 2.45) is 0 Å². The van der Waals surface area contributed by atoms with Gasteiger partial charge in [0.05, 0.1) is 4.90 Å². The Morgan fingerprint density at radius 1 is 0.750 bits per heavy atom. The van der Waals surface area contributed by atoms with Crippen molar-refractivity contribution in [1.29, 1.82) is 0 Å². The minimum atomic E-state index is -3.26. The van der Waals surface area contributed by atoms with Crippen molar-refractivity contribution in [3.63, 3.8) is 0 Å². The summed E-state index contributed by atoms with van der Waals surface area (Å²) in [4.78, 5) is 0.384. The van der Waals surface area contributed by atoms with E-state index in [1.54, 1.807) is 6.07 Å². The van der Waals surface area contributed by atoms with Crippen molar-refractivity contribution in [2.75, 3.05) is 6.26 Å². The van der Waals surface area contributed by atoms with Crippen molar-refractivity contribution >= 4 is 20.6 Å². The molecule has 3 aromatic rings. The molecule has 2 nitrogen and oxygen atoms in total. The first kappa shape index (κ1) is 12.9. The predicted molar refractivity (Wildman–Crippen MR) is 82.5 cm³/mol. The Labute approximate surface area is 118 Å². The highest BCUT2D eigenvalue weighted by Crippen LogP contribution is 2.30. The normalized spacial score (nSPS) is 11.7. The number of benzene rings is 3. The maximum atomic E-state index is 12.0. The fourth-order valence-corrected chi connectivity index (χ4v) is 3.31. The third kappa shape index (κ3) is 2.32. The van der Waals surface area contributed by atoms with E-state index < -0.39 is 9.84 Å². The maximum Gasteiger partial charge on any atom is 0.176 e. The van der Waals surface area contributed by atoms with Gasteiger partial charge >= 0.3 is 0 Å². The molecule has 0 aliphatic carbocycles. The summed E-state index contributed by atoms with van der Waals surface area (Å²) in [5, 5.41) is 1.71. The Morgan fingerprint density at radius 2 is 1.40 bits per heavy atom. The van der Waals surface area contributed by atoms with E-state index in [9.17, 15) is 8.42 Å². The van der Waals surface area contributed by atoms with Crippen molar-refractivity contribution < 1.29 is 8.42 Å². The van der Waals surface area contributed by atoms with Crippen LogP contribution in [0.5, 0.6) is 0 Å². The second kappa shape index (κ2) is 4.76. The summed E-state index contributed by atoms with van der Waals surface area (Å²) in [5.41, 5.74) is 1.94. The highest BCUT2D eigenvalue weighted by molar-refractivity contribution is 7.91. The Bertz CT molecular complexity index is 866. The predicted octanol–water partition coefficient (Wildman–Crippen LogP) is 3.91. The average molecular weight is 282 g/mol. The summed E-state index contributed by atoms with van der Waals surface area (Å²) in [6.45, 7) is 0. The van der Waals surface area contributed by atoms with Crippen LogP contribution >= 0.6 is 0 Å². The Balaban J connectivity index is 2.37. The molecule has 0 heterocycles. The van der Waals surface area contributed by atoms with Crippen molar-refractivity contribution in [2.45, 2.75) is 4.90 Å². The molecule has 0 aliphatic heterocycles. The molecule has 0 atom stereocenters. The third-order valence-electron chi connectivity index (χ3n) is 3.33. The van der Waals surface area contributed by atoms with Gasteiger partial charge in [-0.05, 0) is 28.6 Å². The molecule has 3 heteroatoms. The zero-order valence-electron chi connectivity index (χ0n) is 11.1. The molecule has 0 radical (unpaired) electrons. The Hall–Kier alpha value is -2.13. The lowest BCUT2D eigenvalue weighted by molar-refractivity contribution is 0.602.